The van der Waals surface area contributed by atoms with Crippen LogP contribution in [0.2, 0.25) is 0 Å². The van der Waals surface area contributed by atoms with E-state index >= 15 is 0 Å². The van der Waals surface area contributed by atoms with Gasteiger partial charge in [-0.15, -0.1) is 0 Å². The van der Waals surface area contributed by atoms with Gasteiger partial charge in [-0.2, -0.15) is 0 Å². The summed E-state index contributed by atoms with van der Waals surface area (Å²) in [5.74, 6) is -0.682. The van der Waals surface area contributed by atoms with Crippen LogP contribution < -0.4 is 0 Å². The van der Waals surface area contributed by atoms with Crippen molar-refractivity contribution in [1.82, 2.24) is 0 Å². The van der Waals surface area contributed by atoms with E-state index in [1.165, 1.54) is 0 Å². The molecular weight excluding hydrogens is 224 g/mol. The van der Waals surface area contributed by atoms with Crippen molar-refractivity contribution >= 4 is 5.97 Å². The normalized spacial score (nSPS) is 23.8. The van der Waals surface area contributed by atoms with Crippen LogP contribution in [-0.2, 0) is 14.3 Å². The minimum absolute atomic E-state index is 0.0702. The lowest BCUT2D eigenvalue weighted by atomic mass is 10.2. The highest BCUT2D eigenvalue weighted by atomic mass is 16.7. The molecule has 1 aliphatic heterocycles. The highest BCUT2D eigenvalue weighted by molar-refractivity contribution is 5.66. The zero-order valence-electron chi connectivity index (χ0n) is 9.20. The maximum Gasteiger partial charge on any atom is 0.303 e. The Hall–Kier alpha value is -1.59. The number of carboxylic acids is 1. The van der Waals surface area contributed by atoms with E-state index in [1.807, 2.05) is 0 Å². The first-order valence-electron chi connectivity index (χ1n) is 5.43. The third-order valence-corrected chi connectivity index (χ3v) is 2.57. The van der Waals surface area contributed by atoms with Gasteiger partial charge in [0.25, 0.3) is 0 Å². The highest BCUT2D eigenvalue weighted by Crippen LogP contribution is 2.30. The molecule has 1 saturated heterocycles. The Bertz CT molecular complexity index is 404. The number of phenolic OH excluding ortho intramolecular Hbond substituents is 1. The fourth-order valence-electron chi connectivity index (χ4n) is 1.73. The number of hydrogen-bond donors (Lipinski definition) is 2. The molecule has 2 rings (SSSR count). The van der Waals surface area contributed by atoms with Crippen molar-refractivity contribution in [2.75, 3.05) is 6.61 Å². The summed E-state index contributed by atoms with van der Waals surface area (Å²) in [5, 5.41) is 17.9. The summed E-state index contributed by atoms with van der Waals surface area (Å²) in [4.78, 5) is 10.4. The molecule has 0 saturated carbocycles. The predicted molar refractivity (Wildman–Crippen MR) is 58.5 cm³/mol. The summed E-state index contributed by atoms with van der Waals surface area (Å²) >= 11 is 0. The highest BCUT2D eigenvalue weighted by Gasteiger charge is 2.27. The Kier molecular flexibility index (Phi) is 3.61. The molecular formula is C12H14O5. The SMILES string of the molecule is O=C(O)CCC1COC(c2cccc(O)c2)O1. The molecule has 0 bridgehead atoms. The van der Waals surface area contributed by atoms with Crippen LogP contribution in [0.15, 0.2) is 24.3 Å². The Labute approximate surface area is 98.6 Å². The molecule has 1 aromatic carbocycles. The number of phenols is 1. The first kappa shape index (κ1) is 11.9. The maximum atomic E-state index is 10.4. The summed E-state index contributed by atoms with van der Waals surface area (Å²) in [5.41, 5.74) is 0.739. The maximum absolute atomic E-state index is 10.4. The van der Waals surface area contributed by atoms with E-state index in [9.17, 15) is 9.90 Å². The number of ether oxygens (including phenoxy) is 2. The van der Waals surface area contributed by atoms with Gasteiger partial charge in [-0.1, -0.05) is 12.1 Å². The average molecular weight is 238 g/mol. The standard InChI is InChI=1S/C12H14O5/c13-9-3-1-2-8(6-9)12-16-7-10(17-12)4-5-11(14)15/h1-3,6,10,12-13H,4-5,7H2,(H,14,15). The van der Waals surface area contributed by atoms with Crippen LogP contribution in [0.3, 0.4) is 0 Å². The molecule has 2 unspecified atom stereocenters. The number of benzene rings is 1. The van der Waals surface area contributed by atoms with Gasteiger partial charge in [-0.25, -0.2) is 0 Å². The zero-order chi connectivity index (χ0) is 12.3. The Morgan fingerprint density at radius 3 is 3.00 bits per heavy atom. The predicted octanol–water partition coefficient (Wildman–Crippen LogP) is 1.67. The molecule has 0 aromatic heterocycles. The lowest BCUT2D eigenvalue weighted by Crippen LogP contribution is -2.11. The van der Waals surface area contributed by atoms with Crippen LogP contribution >= 0.6 is 0 Å². The molecule has 5 nitrogen and oxygen atoms in total. The molecule has 1 fully saturated rings. The van der Waals surface area contributed by atoms with E-state index < -0.39 is 12.3 Å². The molecule has 0 spiro atoms. The second kappa shape index (κ2) is 5.16. The number of aromatic hydroxyl groups is 1. The van der Waals surface area contributed by atoms with Crippen LogP contribution in [0.4, 0.5) is 0 Å². The molecule has 0 radical (unpaired) electrons. The monoisotopic (exact) mass is 238 g/mol. The van der Waals surface area contributed by atoms with Gasteiger partial charge >= 0.3 is 5.97 Å². The van der Waals surface area contributed by atoms with Crippen molar-refractivity contribution in [3.05, 3.63) is 29.8 Å². The summed E-state index contributed by atoms with van der Waals surface area (Å²) in [6, 6.07) is 6.65. The van der Waals surface area contributed by atoms with E-state index in [-0.39, 0.29) is 18.3 Å². The summed E-state index contributed by atoms with van der Waals surface area (Å²) in [7, 11) is 0. The first-order chi connectivity index (χ1) is 8.15. The van der Waals surface area contributed by atoms with Crippen LogP contribution in [0.5, 0.6) is 5.75 Å². The Morgan fingerprint density at radius 2 is 2.29 bits per heavy atom. The summed E-state index contributed by atoms with van der Waals surface area (Å²) < 4.78 is 11.0. The molecule has 1 aromatic rings. The van der Waals surface area contributed by atoms with Gasteiger partial charge < -0.3 is 19.7 Å². The zero-order valence-corrected chi connectivity index (χ0v) is 9.20. The molecule has 5 heteroatoms. The number of hydrogen-bond acceptors (Lipinski definition) is 4. The van der Waals surface area contributed by atoms with E-state index in [0.29, 0.717) is 13.0 Å². The van der Waals surface area contributed by atoms with E-state index in [4.69, 9.17) is 14.6 Å². The third kappa shape index (κ3) is 3.18. The van der Waals surface area contributed by atoms with Crippen molar-refractivity contribution in [3.63, 3.8) is 0 Å². The Balaban J connectivity index is 1.91. The fraction of sp³-hybridized carbons (Fsp3) is 0.417. The summed E-state index contributed by atoms with van der Waals surface area (Å²) in [6.07, 6.45) is -0.204. The Morgan fingerprint density at radius 1 is 1.47 bits per heavy atom. The van der Waals surface area contributed by atoms with Crippen LogP contribution in [0.25, 0.3) is 0 Å². The molecule has 0 amide bonds. The number of rotatable bonds is 4. The number of carboxylic acid groups (broad SMARTS) is 1. The van der Waals surface area contributed by atoms with Crippen molar-refractivity contribution in [2.45, 2.75) is 25.2 Å². The van der Waals surface area contributed by atoms with Gasteiger partial charge in [0.1, 0.15) is 5.75 Å². The minimum atomic E-state index is -0.839. The van der Waals surface area contributed by atoms with E-state index in [0.717, 1.165) is 5.56 Å². The van der Waals surface area contributed by atoms with Gasteiger partial charge in [0.2, 0.25) is 0 Å². The van der Waals surface area contributed by atoms with Crippen molar-refractivity contribution in [2.24, 2.45) is 0 Å². The lowest BCUT2D eigenvalue weighted by molar-refractivity contribution is -0.138. The third-order valence-electron chi connectivity index (χ3n) is 2.57. The molecule has 0 aliphatic carbocycles. The smallest absolute Gasteiger partial charge is 0.303 e. The van der Waals surface area contributed by atoms with Gasteiger partial charge in [0.15, 0.2) is 6.29 Å². The van der Waals surface area contributed by atoms with Crippen LogP contribution in [0.1, 0.15) is 24.7 Å². The van der Waals surface area contributed by atoms with Crippen LogP contribution in [-0.4, -0.2) is 28.9 Å². The topological polar surface area (TPSA) is 76.0 Å². The second-order valence-electron chi connectivity index (χ2n) is 3.95. The van der Waals surface area contributed by atoms with Crippen molar-refractivity contribution in [1.29, 1.82) is 0 Å². The van der Waals surface area contributed by atoms with Crippen molar-refractivity contribution in [3.8, 4) is 5.75 Å². The molecule has 2 atom stereocenters. The largest absolute Gasteiger partial charge is 0.508 e. The van der Waals surface area contributed by atoms with E-state index in [1.54, 1.807) is 24.3 Å². The fourth-order valence-corrected chi connectivity index (χ4v) is 1.73. The molecule has 1 aliphatic rings. The molecule has 92 valence electrons. The van der Waals surface area contributed by atoms with Gasteiger partial charge in [-0.3, -0.25) is 4.79 Å². The molecule has 17 heavy (non-hydrogen) atoms. The molecule has 1 heterocycles. The van der Waals surface area contributed by atoms with Gasteiger partial charge in [0, 0.05) is 12.0 Å². The lowest BCUT2D eigenvalue weighted by Gasteiger charge is -2.11. The van der Waals surface area contributed by atoms with E-state index in [2.05, 4.69) is 0 Å². The van der Waals surface area contributed by atoms with Gasteiger partial charge in [-0.05, 0) is 18.6 Å². The average Bonchev–Trinajstić information content (AvgIpc) is 2.75. The quantitative estimate of drug-likeness (QED) is 0.834. The summed E-state index contributed by atoms with van der Waals surface area (Å²) in [6.45, 7) is 0.383. The second-order valence-corrected chi connectivity index (χ2v) is 3.95. The van der Waals surface area contributed by atoms with Gasteiger partial charge in [0.05, 0.1) is 12.7 Å². The minimum Gasteiger partial charge on any atom is -0.508 e. The molecule has 2 N–H and O–H groups in total. The number of aliphatic carboxylic acids is 1. The van der Waals surface area contributed by atoms with Crippen molar-refractivity contribution < 1.29 is 24.5 Å². The van der Waals surface area contributed by atoms with Crippen LogP contribution in [0, 0.1) is 0 Å². The number of carbonyl (C=O) groups is 1. The first-order valence-corrected chi connectivity index (χ1v) is 5.43.